The van der Waals surface area contributed by atoms with Gasteiger partial charge >= 0.3 is 6.18 Å². The van der Waals surface area contributed by atoms with Crippen LogP contribution in [0.4, 0.5) is 13.2 Å². The summed E-state index contributed by atoms with van der Waals surface area (Å²) in [5.41, 5.74) is 2.16. The first-order chi connectivity index (χ1) is 19.5. The molecular weight excluding hydrogens is 529 g/mol. The van der Waals surface area contributed by atoms with Crippen LogP contribution in [0.5, 0.6) is 5.75 Å². The highest BCUT2D eigenvalue weighted by Gasteiger charge is 2.61. The first-order valence-electron chi connectivity index (χ1n) is 14.2. The molecule has 0 amide bonds. The molecule has 7 heteroatoms. The zero-order chi connectivity index (χ0) is 29.0. The Labute approximate surface area is 238 Å². The lowest BCUT2D eigenvalue weighted by atomic mass is 9.61. The zero-order valence-electron chi connectivity index (χ0n) is 23.2. The molecule has 5 atom stereocenters. The molecule has 214 valence electrons. The van der Waals surface area contributed by atoms with Gasteiger partial charge in [0.2, 0.25) is 0 Å². The first kappa shape index (κ1) is 27.8. The van der Waals surface area contributed by atoms with Crippen molar-refractivity contribution in [3.05, 3.63) is 88.0 Å². The van der Waals surface area contributed by atoms with Gasteiger partial charge in [-0.15, -0.1) is 0 Å². The number of carbonyl (C=O) groups is 1. The summed E-state index contributed by atoms with van der Waals surface area (Å²) in [5.74, 6) is 7.21. The Morgan fingerprint density at radius 1 is 1.02 bits per heavy atom. The minimum atomic E-state index is -4.42. The summed E-state index contributed by atoms with van der Waals surface area (Å²) in [6, 6.07) is 12.6. The van der Waals surface area contributed by atoms with E-state index in [2.05, 4.69) is 11.8 Å². The predicted molar refractivity (Wildman–Crippen MR) is 148 cm³/mol. The van der Waals surface area contributed by atoms with Gasteiger partial charge in [0.05, 0.1) is 19.3 Å². The van der Waals surface area contributed by atoms with Crippen LogP contribution in [0.3, 0.4) is 0 Å². The molecule has 0 aromatic heterocycles. The number of carbonyl (C=O) groups excluding carboxylic acids is 1. The van der Waals surface area contributed by atoms with Gasteiger partial charge in [0.1, 0.15) is 17.5 Å². The van der Waals surface area contributed by atoms with Gasteiger partial charge in [-0.05, 0) is 109 Å². The Morgan fingerprint density at radius 2 is 1.76 bits per heavy atom. The number of benzene rings is 2. The van der Waals surface area contributed by atoms with E-state index in [0.29, 0.717) is 24.8 Å². The van der Waals surface area contributed by atoms with E-state index < -0.39 is 22.8 Å². The van der Waals surface area contributed by atoms with Crippen molar-refractivity contribution in [2.45, 2.75) is 63.3 Å². The van der Waals surface area contributed by atoms with Gasteiger partial charge in [0.25, 0.3) is 0 Å². The molecule has 2 fully saturated rings. The van der Waals surface area contributed by atoms with Crippen molar-refractivity contribution in [1.82, 2.24) is 0 Å². The van der Waals surface area contributed by atoms with Gasteiger partial charge in [-0.2, -0.15) is 13.2 Å². The van der Waals surface area contributed by atoms with Gasteiger partial charge in [-0.3, -0.25) is 4.79 Å². The third-order valence-electron chi connectivity index (χ3n) is 9.76. The average Bonchev–Trinajstić information content (AvgIpc) is 3.13. The largest absolute Gasteiger partial charge is 0.497 e. The number of hydrogen-bond donors (Lipinski definition) is 1. The Morgan fingerprint density at radius 3 is 2.44 bits per heavy atom. The number of methoxy groups -OCH3 is 1. The highest BCUT2D eigenvalue weighted by molar-refractivity contribution is 5.93. The van der Waals surface area contributed by atoms with Crippen LogP contribution < -0.4 is 4.74 Å². The molecule has 3 aliphatic carbocycles. The summed E-state index contributed by atoms with van der Waals surface area (Å²) >= 11 is 0. The second-order valence-electron chi connectivity index (χ2n) is 11.9. The molecule has 1 saturated carbocycles. The summed E-state index contributed by atoms with van der Waals surface area (Å²) in [4.78, 5) is 12.3. The quantitative estimate of drug-likeness (QED) is 0.402. The number of fused-ring (bicyclic) bond motifs is 4. The molecule has 1 heterocycles. The standard InChI is InChI=1S/C34H33F3O4/c1-32-20-41-31(22-5-11-26(40-2)12-6-22)30-27-14-10-25(38)19-23(27)7-13-28(30)29(32)16-18-33(32,39)17-15-21-3-8-24(9-4-21)34(35,36)37/h3-6,8-9,11-12,19,28-29,31,39H,7,10,13-14,16,18,20H2,1-2H3/t28?,29?,31-,32?,33-/m0/s1. The molecule has 1 aliphatic heterocycles. The molecular formula is C34H33F3O4. The van der Waals surface area contributed by atoms with Crippen LogP contribution in [0.25, 0.3) is 0 Å². The third kappa shape index (κ3) is 4.81. The SMILES string of the molecule is COc1ccc([C@@H]2OCC3(C)C(CC[C@@]3(O)C#Cc3ccc(C(F)(F)F)cc3)C3CCC4=CC(=O)CCC4=C32)cc1. The average molecular weight is 563 g/mol. The molecule has 0 spiro atoms. The lowest BCUT2D eigenvalue weighted by molar-refractivity contribution is -0.137. The van der Waals surface area contributed by atoms with Crippen molar-refractivity contribution in [1.29, 1.82) is 0 Å². The number of halogens is 3. The predicted octanol–water partition coefficient (Wildman–Crippen LogP) is 6.98. The topological polar surface area (TPSA) is 55.8 Å². The molecule has 2 aromatic carbocycles. The summed E-state index contributed by atoms with van der Waals surface area (Å²) in [6.07, 6.45) is 1.11. The Hall–Kier alpha value is -3.34. The molecule has 0 bridgehead atoms. The van der Waals surface area contributed by atoms with Gasteiger partial charge in [-0.1, -0.05) is 30.9 Å². The molecule has 3 unspecified atom stereocenters. The fourth-order valence-corrected chi connectivity index (χ4v) is 7.45. The van der Waals surface area contributed by atoms with Gasteiger partial charge in [0, 0.05) is 17.4 Å². The number of alkyl halides is 3. The number of hydrogen-bond acceptors (Lipinski definition) is 4. The van der Waals surface area contributed by atoms with Crippen molar-refractivity contribution < 1.29 is 32.5 Å². The molecule has 4 nitrogen and oxygen atoms in total. The van der Waals surface area contributed by atoms with Gasteiger partial charge < -0.3 is 14.6 Å². The molecule has 0 radical (unpaired) electrons. The maximum Gasteiger partial charge on any atom is 0.416 e. The van der Waals surface area contributed by atoms with Crippen LogP contribution in [0, 0.1) is 29.1 Å². The Kier molecular flexibility index (Phi) is 6.91. The number of ketones is 1. The fraction of sp³-hybridized carbons (Fsp3) is 0.441. The molecule has 4 aliphatic rings. The van der Waals surface area contributed by atoms with E-state index in [1.807, 2.05) is 31.2 Å². The summed E-state index contributed by atoms with van der Waals surface area (Å²) in [6.45, 7) is 2.32. The van der Waals surface area contributed by atoms with E-state index in [1.165, 1.54) is 23.3 Å². The molecule has 1 N–H and O–H groups in total. The van der Waals surface area contributed by atoms with Crippen LogP contribution >= 0.6 is 0 Å². The summed E-state index contributed by atoms with van der Waals surface area (Å²) in [5, 5.41) is 12.1. The van der Waals surface area contributed by atoms with E-state index >= 15 is 0 Å². The third-order valence-corrected chi connectivity index (χ3v) is 9.76. The van der Waals surface area contributed by atoms with Gasteiger partial charge in [0.15, 0.2) is 5.78 Å². The van der Waals surface area contributed by atoms with Crippen molar-refractivity contribution in [2.75, 3.05) is 13.7 Å². The smallest absolute Gasteiger partial charge is 0.416 e. The molecule has 2 aromatic rings. The van der Waals surface area contributed by atoms with Crippen molar-refractivity contribution in [2.24, 2.45) is 17.3 Å². The Bertz CT molecular complexity index is 1480. The zero-order valence-corrected chi connectivity index (χ0v) is 23.2. The number of rotatable bonds is 2. The molecule has 1 saturated heterocycles. The number of aliphatic hydroxyl groups is 1. The van der Waals surface area contributed by atoms with Crippen LogP contribution in [0.15, 0.2) is 71.3 Å². The number of ether oxygens (including phenoxy) is 2. The molecule has 41 heavy (non-hydrogen) atoms. The van der Waals surface area contributed by atoms with E-state index in [4.69, 9.17) is 9.47 Å². The lowest BCUT2D eigenvalue weighted by Crippen LogP contribution is -2.48. The maximum atomic E-state index is 13.0. The summed E-state index contributed by atoms with van der Waals surface area (Å²) < 4.78 is 51.2. The van der Waals surface area contributed by atoms with Crippen LogP contribution in [0.1, 0.15) is 68.2 Å². The fourth-order valence-electron chi connectivity index (χ4n) is 7.45. The highest BCUT2D eigenvalue weighted by Crippen LogP contribution is 2.61. The van der Waals surface area contributed by atoms with Crippen molar-refractivity contribution in [3.8, 4) is 17.6 Å². The van der Waals surface area contributed by atoms with E-state index in [-0.39, 0.29) is 30.3 Å². The number of allylic oxidation sites excluding steroid dienone is 3. The second kappa shape index (κ2) is 10.2. The minimum absolute atomic E-state index is 0.0966. The van der Waals surface area contributed by atoms with E-state index in [0.717, 1.165) is 48.3 Å². The first-order valence-corrected chi connectivity index (χ1v) is 14.2. The van der Waals surface area contributed by atoms with Crippen molar-refractivity contribution >= 4 is 5.78 Å². The lowest BCUT2D eigenvalue weighted by Gasteiger charge is -2.42. The van der Waals surface area contributed by atoms with E-state index in [9.17, 15) is 23.1 Å². The van der Waals surface area contributed by atoms with Crippen LogP contribution in [-0.2, 0) is 15.7 Å². The maximum absolute atomic E-state index is 13.0. The van der Waals surface area contributed by atoms with Gasteiger partial charge in [-0.25, -0.2) is 0 Å². The molecule has 6 rings (SSSR count). The van der Waals surface area contributed by atoms with E-state index in [1.54, 1.807) is 13.2 Å². The van der Waals surface area contributed by atoms with Crippen LogP contribution in [-0.4, -0.2) is 30.2 Å². The summed E-state index contributed by atoms with van der Waals surface area (Å²) in [7, 11) is 1.63. The Balaban J connectivity index is 1.40. The second-order valence-corrected chi connectivity index (χ2v) is 11.9. The van der Waals surface area contributed by atoms with Crippen molar-refractivity contribution in [3.63, 3.8) is 0 Å². The highest BCUT2D eigenvalue weighted by atomic mass is 19.4. The van der Waals surface area contributed by atoms with Crippen LogP contribution in [0.2, 0.25) is 0 Å². The minimum Gasteiger partial charge on any atom is -0.497 e. The normalized spacial score (nSPS) is 31.2. The monoisotopic (exact) mass is 562 g/mol.